The van der Waals surface area contributed by atoms with Crippen LogP contribution in [-0.4, -0.2) is 47.7 Å². The topological polar surface area (TPSA) is 97.2 Å². The third kappa shape index (κ3) is 3.81. The van der Waals surface area contributed by atoms with Crippen molar-refractivity contribution in [3.63, 3.8) is 0 Å². The van der Waals surface area contributed by atoms with Gasteiger partial charge in [0.2, 0.25) is 5.91 Å². The van der Waals surface area contributed by atoms with Crippen LogP contribution >= 0.6 is 0 Å². The zero-order valence-corrected chi connectivity index (χ0v) is 18.4. The molecule has 0 unspecified atom stereocenters. The van der Waals surface area contributed by atoms with Gasteiger partial charge < -0.3 is 15.5 Å². The van der Waals surface area contributed by atoms with Crippen LogP contribution in [0.2, 0.25) is 0 Å². The van der Waals surface area contributed by atoms with Crippen molar-refractivity contribution in [3.05, 3.63) is 41.9 Å². The summed E-state index contributed by atoms with van der Waals surface area (Å²) in [7, 11) is 0. The first-order chi connectivity index (χ1) is 15.0. The molecule has 31 heavy (non-hydrogen) atoms. The molecule has 8 nitrogen and oxygen atoms in total. The normalized spacial score (nSPS) is 23.1. The van der Waals surface area contributed by atoms with E-state index in [0.717, 1.165) is 38.3 Å². The van der Waals surface area contributed by atoms with Crippen LogP contribution in [0.15, 0.2) is 30.6 Å². The lowest BCUT2D eigenvalue weighted by Gasteiger charge is -2.51. The summed E-state index contributed by atoms with van der Waals surface area (Å²) in [6, 6.07) is 8.44. The van der Waals surface area contributed by atoms with Gasteiger partial charge in [-0.2, -0.15) is 5.26 Å². The lowest BCUT2D eigenvalue weighted by Crippen LogP contribution is -2.63. The van der Waals surface area contributed by atoms with Gasteiger partial charge in [-0.3, -0.25) is 9.69 Å². The van der Waals surface area contributed by atoms with E-state index < -0.39 is 5.66 Å². The number of nitrogens with one attached hydrogen (secondary N) is 2. The maximum Gasteiger partial charge on any atom is 0.225 e. The molecule has 0 saturated carbocycles. The van der Waals surface area contributed by atoms with Crippen LogP contribution < -0.4 is 20.4 Å². The van der Waals surface area contributed by atoms with Crippen LogP contribution in [0.1, 0.15) is 38.4 Å². The van der Waals surface area contributed by atoms with E-state index in [4.69, 9.17) is 5.26 Å². The van der Waals surface area contributed by atoms with Crippen LogP contribution in [0, 0.1) is 17.2 Å². The summed E-state index contributed by atoms with van der Waals surface area (Å²) < 4.78 is 0. The second kappa shape index (κ2) is 8.52. The number of hydrogen-bond donors (Lipinski definition) is 2. The van der Waals surface area contributed by atoms with Gasteiger partial charge in [-0.05, 0) is 36.6 Å². The van der Waals surface area contributed by atoms with Crippen LogP contribution in [0.5, 0.6) is 0 Å². The molecular formula is C23H29N7O. The van der Waals surface area contributed by atoms with E-state index in [9.17, 15) is 4.79 Å². The Hall–Kier alpha value is -3.18. The number of nitriles is 1. The third-order valence-electron chi connectivity index (χ3n) is 6.49. The molecule has 1 aromatic heterocycles. The van der Waals surface area contributed by atoms with Gasteiger partial charge in [0.25, 0.3) is 0 Å². The number of hydrogen-bond acceptors (Lipinski definition) is 7. The number of aromatic nitrogens is 2. The summed E-state index contributed by atoms with van der Waals surface area (Å²) in [6.07, 6.45) is 4.56. The molecule has 1 amide bonds. The van der Waals surface area contributed by atoms with Crippen molar-refractivity contribution in [1.82, 2.24) is 15.3 Å². The quantitative estimate of drug-likeness (QED) is 0.786. The highest BCUT2D eigenvalue weighted by atomic mass is 16.2. The average molecular weight is 420 g/mol. The van der Waals surface area contributed by atoms with E-state index in [2.05, 4.69) is 57.5 Å². The first-order valence-electron chi connectivity index (χ1n) is 10.9. The summed E-state index contributed by atoms with van der Waals surface area (Å²) in [6.45, 7) is 9.82. The molecule has 0 radical (unpaired) electrons. The maximum atomic E-state index is 12.9. The van der Waals surface area contributed by atoms with Gasteiger partial charge in [0.15, 0.2) is 5.69 Å². The van der Waals surface area contributed by atoms with Crippen molar-refractivity contribution in [2.45, 2.75) is 39.3 Å². The van der Waals surface area contributed by atoms with Gasteiger partial charge in [-0.15, -0.1) is 0 Å². The molecule has 2 aliphatic rings. The molecule has 3 heterocycles. The van der Waals surface area contributed by atoms with Gasteiger partial charge in [-0.25, -0.2) is 9.97 Å². The molecule has 0 spiro atoms. The molecule has 2 aliphatic heterocycles. The summed E-state index contributed by atoms with van der Waals surface area (Å²) in [5, 5.41) is 15.9. The zero-order chi connectivity index (χ0) is 22.0. The van der Waals surface area contributed by atoms with Crippen LogP contribution in [-0.2, 0) is 11.2 Å². The molecule has 1 aromatic carbocycles. The van der Waals surface area contributed by atoms with E-state index in [1.165, 1.54) is 17.4 Å². The highest BCUT2D eigenvalue weighted by Gasteiger charge is 2.47. The molecule has 0 aliphatic carbocycles. The van der Waals surface area contributed by atoms with Crippen LogP contribution in [0.25, 0.3) is 0 Å². The molecule has 0 bridgehead atoms. The number of anilines is 3. The highest BCUT2D eigenvalue weighted by Crippen LogP contribution is 2.44. The summed E-state index contributed by atoms with van der Waals surface area (Å²) in [5.41, 5.74) is 2.99. The predicted octanol–water partition coefficient (Wildman–Crippen LogP) is 2.52. The number of carbonyl (C=O) groups excluding carboxylic acids is 1. The fourth-order valence-electron chi connectivity index (χ4n) is 4.90. The first-order valence-corrected chi connectivity index (χ1v) is 10.9. The molecule has 1 fully saturated rings. The minimum Gasteiger partial charge on any atom is -0.369 e. The summed E-state index contributed by atoms with van der Waals surface area (Å²) in [5.74, 6) is 0.683. The Morgan fingerprint density at radius 3 is 2.71 bits per heavy atom. The number of rotatable bonds is 4. The molecule has 4 rings (SSSR count). The second-order valence-corrected chi connectivity index (χ2v) is 8.31. The van der Waals surface area contributed by atoms with Gasteiger partial charge in [0.05, 0.1) is 12.4 Å². The number of fused-ring (bicyclic) bond motifs is 1. The molecule has 2 N–H and O–H groups in total. The lowest BCUT2D eigenvalue weighted by atomic mass is 9.79. The van der Waals surface area contributed by atoms with Gasteiger partial charge >= 0.3 is 0 Å². The minimum atomic E-state index is -0.627. The highest BCUT2D eigenvalue weighted by molar-refractivity contribution is 5.95. The summed E-state index contributed by atoms with van der Waals surface area (Å²) in [4.78, 5) is 25.7. The lowest BCUT2D eigenvalue weighted by molar-refractivity contribution is -0.118. The Kier molecular flexibility index (Phi) is 5.79. The maximum absolute atomic E-state index is 12.9. The predicted molar refractivity (Wildman–Crippen MR) is 121 cm³/mol. The van der Waals surface area contributed by atoms with E-state index in [-0.39, 0.29) is 17.5 Å². The Balaban J connectivity index is 1.72. The van der Waals surface area contributed by atoms with Crippen molar-refractivity contribution >= 4 is 23.1 Å². The summed E-state index contributed by atoms with van der Waals surface area (Å²) >= 11 is 0. The fourth-order valence-corrected chi connectivity index (χ4v) is 4.90. The Bertz CT molecular complexity index is 994. The largest absolute Gasteiger partial charge is 0.369 e. The number of benzene rings is 1. The number of nitrogens with zero attached hydrogens (tertiary/aromatic N) is 5. The van der Waals surface area contributed by atoms with Crippen molar-refractivity contribution in [1.29, 1.82) is 5.26 Å². The smallest absolute Gasteiger partial charge is 0.225 e. The van der Waals surface area contributed by atoms with Crippen LogP contribution in [0.4, 0.5) is 17.2 Å². The fraction of sp³-hybridized carbons (Fsp3) is 0.478. The number of piperazine rings is 1. The second-order valence-electron chi connectivity index (χ2n) is 8.31. The molecule has 1 saturated heterocycles. The molecule has 8 heteroatoms. The minimum absolute atomic E-state index is 0.0151. The van der Waals surface area contributed by atoms with Gasteiger partial charge in [0, 0.05) is 50.4 Å². The standard InChI is InChI=1S/C23H29N7O/c1-4-23(28-22-15-26-19(13-24)14-27-22)16(2)11-18-12-20(29-9-7-25-8-10-29)5-6-21(18)30(23)17(3)31/h5-6,12,14-16,25H,4,7-11H2,1-3H3,(H,27,28)/t16-,23+/m1/s1. The number of carbonyl (C=O) groups is 1. The Labute approximate surface area is 183 Å². The van der Waals surface area contributed by atoms with Gasteiger partial charge in [0.1, 0.15) is 17.5 Å². The van der Waals surface area contributed by atoms with Gasteiger partial charge in [-0.1, -0.05) is 13.8 Å². The molecule has 2 atom stereocenters. The van der Waals surface area contributed by atoms with Crippen molar-refractivity contribution in [3.8, 4) is 6.07 Å². The van der Waals surface area contributed by atoms with E-state index >= 15 is 0 Å². The molecular weight excluding hydrogens is 390 g/mol. The number of amides is 1. The Morgan fingerprint density at radius 1 is 1.32 bits per heavy atom. The van der Waals surface area contributed by atoms with E-state index in [1.54, 1.807) is 13.1 Å². The van der Waals surface area contributed by atoms with Crippen LogP contribution in [0.3, 0.4) is 0 Å². The zero-order valence-electron chi connectivity index (χ0n) is 18.4. The van der Waals surface area contributed by atoms with Crippen molar-refractivity contribution in [2.75, 3.05) is 41.3 Å². The third-order valence-corrected chi connectivity index (χ3v) is 6.49. The van der Waals surface area contributed by atoms with E-state index in [0.29, 0.717) is 12.2 Å². The molecule has 162 valence electrons. The molecule has 2 aromatic rings. The first kappa shape index (κ1) is 21.1. The van der Waals surface area contributed by atoms with E-state index in [1.807, 2.05) is 11.0 Å². The average Bonchev–Trinajstić information content (AvgIpc) is 2.80. The monoisotopic (exact) mass is 419 g/mol. The Morgan fingerprint density at radius 2 is 2.10 bits per heavy atom. The SMILES string of the molecule is CC[C@@]1(Nc2cnc(C#N)cn2)[C@H](C)Cc2cc(N3CCNCC3)ccc2N1C(C)=O. The van der Waals surface area contributed by atoms with Crippen molar-refractivity contribution < 1.29 is 4.79 Å². The van der Waals surface area contributed by atoms with Crippen molar-refractivity contribution in [2.24, 2.45) is 5.92 Å².